The highest BCUT2D eigenvalue weighted by Gasteiger charge is 2.11. The number of rotatable bonds is 4. The van der Waals surface area contributed by atoms with Crippen LogP contribution in [-0.4, -0.2) is 16.0 Å². The number of carbonyl (C=O) groups is 1. The van der Waals surface area contributed by atoms with Crippen LogP contribution in [0.5, 0.6) is 0 Å². The molecule has 0 aliphatic carbocycles. The predicted molar refractivity (Wildman–Crippen MR) is 62.1 cm³/mol. The van der Waals surface area contributed by atoms with Crippen molar-refractivity contribution in [1.29, 1.82) is 0 Å². The van der Waals surface area contributed by atoms with Crippen molar-refractivity contribution in [1.82, 2.24) is 0 Å². The monoisotopic (exact) mass is 247 g/mol. The van der Waals surface area contributed by atoms with Gasteiger partial charge < -0.3 is 9.52 Å². The molecule has 2 rings (SSSR count). The van der Waals surface area contributed by atoms with E-state index in [1.165, 1.54) is 12.1 Å². The number of hydrogen-bond donors (Lipinski definition) is 1. The summed E-state index contributed by atoms with van der Waals surface area (Å²) >= 11 is 0. The minimum absolute atomic E-state index is 0.0383. The van der Waals surface area contributed by atoms with Gasteiger partial charge in [-0.15, -0.1) is 0 Å². The number of carboxylic acid groups (broad SMARTS) is 1. The van der Waals surface area contributed by atoms with Crippen molar-refractivity contribution in [2.75, 3.05) is 0 Å². The fourth-order valence-electron chi connectivity index (χ4n) is 1.55. The Morgan fingerprint density at radius 1 is 1.33 bits per heavy atom. The molecule has 6 heteroatoms. The number of aliphatic carboxylic acids is 1. The van der Waals surface area contributed by atoms with E-state index in [2.05, 4.69) is 0 Å². The molecule has 0 atom stereocenters. The summed E-state index contributed by atoms with van der Waals surface area (Å²) in [6.45, 7) is 0. The molecule has 0 radical (unpaired) electrons. The van der Waals surface area contributed by atoms with Crippen molar-refractivity contribution in [3.63, 3.8) is 0 Å². The zero-order valence-corrected chi connectivity index (χ0v) is 9.20. The molecule has 1 aromatic carbocycles. The second-order valence-corrected chi connectivity index (χ2v) is 3.64. The van der Waals surface area contributed by atoms with E-state index in [0.717, 1.165) is 0 Å². The molecule has 1 aromatic heterocycles. The molecule has 0 aliphatic heterocycles. The van der Waals surface area contributed by atoms with Gasteiger partial charge in [-0.3, -0.25) is 14.9 Å². The van der Waals surface area contributed by atoms with Gasteiger partial charge in [0.15, 0.2) is 0 Å². The Bertz CT molecular complexity index is 602. The minimum atomic E-state index is -0.991. The molecule has 18 heavy (non-hydrogen) atoms. The van der Waals surface area contributed by atoms with Crippen molar-refractivity contribution in [2.24, 2.45) is 0 Å². The van der Waals surface area contributed by atoms with Crippen molar-refractivity contribution in [3.05, 3.63) is 52.3 Å². The van der Waals surface area contributed by atoms with Crippen LogP contribution in [0, 0.1) is 10.1 Å². The predicted octanol–water partition coefficient (Wildman–Crippen LogP) is 2.48. The zero-order valence-electron chi connectivity index (χ0n) is 9.20. The van der Waals surface area contributed by atoms with Crippen LogP contribution in [0.15, 0.2) is 40.8 Å². The molecule has 1 heterocycles. The van der Waals surface area contributed by atoms with Crippen molar-refractivity contribution >= 4 is 11.7 Å². The lowest BCUT2D eigenvalue weighted by molar-refractivity contribution is -0.384. The van der Waals surface area contributed by atoms with E-state index < -0.39 is 10.9 Å². The number of hydrogen-bond acceptors (Lipinski definition) is 4. The fourth-order valence-corrected chi connectivity index (χ4v) is 1.55. The molecule has 0 bridgehead atoms. The summed E-state index contributed by atoms with van der Waals surface area (Å²) in [4.78, 5) is 20.6. The topological polar surface area (TPSA) is 93.6 Å². The van der Waals surface area contributed by atoms with Crippen LogP contribution in [0.2, 0.25) is 0 Å². The van der Waals surface area contributed by atoms with Crippen LogP contribution < -0.4 is 0 Å². The van der Waals surface area contributed by atoms with Crippen molar-refractivity contribution in [2.45, 2.75) is 6.42 Å². The first kappa shape index (κ1) is 11.8. The normalized spacial score (nSPS) is 10.2. The highest BCUT2D eigenvalue weighted by atomic mass is 16.6. The number of nitrogens with zero attached hydrogens (tertiary/aromatic N) is 1. The highest BCUT2D eigenvalue weighted by molar-refractivity contribution is 5.70. The van der Waals surface area contributed by atoms with E-state index in [1.54, 1.807) is 24.3 Å². The Morgan fingerprint density at radius 3 is 2.78 bits per heavy atom. The number of carboxylic acids is 1. The van der Waals surface area contributed by atoms with Gasteiger partial charge in [0.2, 0.25) is 0 Å². The number of furan rings is 1. The maximum Gasteiger partial charge on any atom is 0.311 e. The summed E-state index contributed by atoms with van der Waals surface area (Å²) in [5.41, 5.74) is 0.504. The van der Waals surface area contributed by atoms with Crippen LogP contribution in [0.3, 0.4) is 0 Å². The Balaban J connectivity index is 2.31. The molecule has 2 aromatic rings. The zero-order chi connectivity index (χ0) is 13.1. The second kappa shape index (κ2) is 4.70. The van der Waals surface area contributed by atoms with E-state index in [1.807, 2.05) is 0 Å². The average Bonchev–Trinajstić information content (AvgIpc) is 2.77. The van der Waals surface area contributed by atoms with Gasteiger partial charge in [0.05, 0.1) is 4.92 Å². The van der Waals surface area contributed by atoms with Crippen molar-refractivity contribution < 1.29 is 19.2 Å². The van der Waals surface area contributed by atoms with Gasteiger partial charge in [0, 0.05) is 17.7 Å². The van der Waals surface area contributed by atoms with Crippen LogP contribution in [0.25, 0.3) is 11.3 Å². The first-order chi connectivity index (χ1) is 8.56. The molecule has 1 N–H and O–H groups in total. The SMILES string of the molecule is O=C(O)Cc1ccc(-c2cccc([N+](=O)[O-])c2)o1. The summed E-state index contributed by atoms with van der Waals surface area (Å²) in [6, 6.07) is 9.11. The maximum atomic E-state index is 10.6. The maximum absolute atomic E-state index is 10.6. The molecule has 0 saturated carbocycles. The molecule has 0 unspecified atom stereocenters. The molecular weight excluding hydrogens is 238 g/mol. The molecular formula is C12H9NO5. The minimum Gasteiger partial charge on any atom is -0.481 e. The molecule has 0 amide bonds. The highest BCUT2D eigenvalue weighted by Crippen LogP contribution is 2.25. The molecule has 0 aliphatic rings. The van der Waals surface area contributed by atoms with Gasteiger partial charge in [0.1, 0.15) is 17.9 Å². The van der Waals surface area contributed by atoms with E-state index in [0.29, 0.717) is 17.1 Å². The van der Waals surface area contributed by atoms with Crippen LogP contribution >= 0.6 is 0 Å². The second-order valence-electron chi connectivity index (χ2n) is 3.64. The summed E-state index contributed by atoms with van der Waals surface area (Å²) < 4.78 is 5.31. The number of benzene rings is 1. The average molecular weight is 247 g/mol. The summed E-state index contributed by atoms with van der Waals surface area (Å²) in [6.07, 6.45) is -0.213. The van der Waals surface area contributed by atoms with E-state index in [9.17, 15) is 14.9 Å². The number of nitro benzene ring substituents is 1. The number of non-ortho nitro benzene ring substituents is 1. The summed E-state index contributed by atoms with van der Waals surface area (Å²) in [5, 5.41) is 19.2. The molecule has 6 nitrogen and oxygen atoms in total. The van der Waals surface area contributed by atoms with Gasteiger partial charge in [0.25, 0.3) is 5.69 Å². The van der Waals surface area contributed by atoms with Crippen LogP contribution in [0.1, 0.15) is 5.76 Å². The fraction of sp³-hybridized carbons (Fsp3) is 0.0833. The largest absolute Gasteiger partial charge is 0.481 e. The third-order valence-corrected chi connectivity index (χ3v) is 2.33. The van der Waals surface area contributed by atoms with Gasteiger partial charge in [-0.1, -0.05) is 12.1 Å². The molecule has 0 spiro atoms. The van der Waals surface area contributed by atoms with E-state index in [4.69, 9.17) is 9.52 Å². The van der Waals surface area contributed by atoms with Gasteiger partial charge in [-0.2, -0.15) is 0 Å². The molecule has 0 saturated heterocycles. The Morgan fingerprint density at radius 2 is 2.11 bits per heavy atom. The molecule has 92 valence electrons. The van der Waals surface area contributed by atoms with E-state index in [-0.39, 0.29) is 12.1 Å². The van der Waals surface area contributed by atoms with Crippen molar-refractivity contribution in [3.8, 4) is 11.3 Å². The van der Waals surface area contributed by atoms with Gasteiger partial charge in [-0.05, 0) is 12.1 Å². The van der Waals surface area contributed by atoms with E-state index >= 15 is 0 Å². The van der Waals surface area contributed by atoms with Crippen LogP contribution in [-0.2, 0) is 11.2 Å². The molecule has 0 fully saturated rings. The van der Waals surface area contributed by atoms with Gasteiger partial charge >= 0.3 is 5.97 Å². The Labute approximate surface area is 102 Å². The number of nitro groups is 1. The smallest absolute Gasteiger partial charge is 0.311 e. The first-order valence-corrected chi connectivity index (χ1v) is 5.11. The van der Waals surface area contributed by atoms with Gasteiger partial charge in [-0.25, -0.2) is 0 Å². The lowest BCUT2D eigenvalue weighted by Gasteiger charge is -1.97. The third-order valence-electron chi connectivity index (χ3n) is 2.33. The lowest BCUT2D eigenvalue weighted by Crippen LogP contribution is -1.97. The lowest BCUT2D eigenvalue weighted by atomic mass is 10.1. The van der Waals surface area contributed by atoms with Crippen LogP contribution in [0.4, 0.5) is 5.69 Å². The first-order valence-electron chi connectivity index (χ1n) is 5.11. The Kier molecular flexibility index (Phi) is 3.09. The third kappa shape index (κ3) is 2.54. The Hall–Kier alpha value is -2.63. The standard InChI is InChI=1S/C12H9NO5/c14-12(15)7-10-4-5-11(18-10)8-2-1-3-9(6-8)13(16)17/h1-6H,7H2,(H,14,15). The summed E-state index contributed by atoms with van der Waals surface area (Å²) in [5.74, 6) is -0.270. The summed E-state index contributed by atoms with van der Waals surface area (Å²) in [7, 11) is 0. The quantitative estimate of drug-likeness (QED) is 0.661.